The number of anilines is 1. The molecule has 3 heteroatoms. The van der Waals surface area contributed by atoms with Crippen LogP contribution in [0, 0.1) is 17.3 Å². The lowest BCUT2D eigenvalue weighted by molar-refractivity contribution is 0.498. The van der Waals surface area contributed by atoms with Gasteiger partial charge >= 0.3 is 0 Å². The minimum Gasteiger partial charge on any atom is -0.356 e. The predicted octanol–water partition coefficient (Wildman–Crippen LogP) is 2.94. The van der Waals surface area contributed by atoms with Gasteiger partial charge in [0.1, 0.15) is 5.82 Å². The van der Waals surface area contributed by atoms with Crippen molar-refractivity contribution in [2.75, 3.05) is 18.0 Å². The van der Waals surface area contributed by atoms with Crippen LogP contribution in [0.25, 0.3) is 0 Å². The zero-order chi connectivity index (χ0) is 10.6. The van der Waals surface area contributed by atoms with E-state index in [4.69, 9.17) is 0 Å². The summed E-state index contributed by atoms with van der Waals surface area (Å²) in [6.45, 7) is 7.14. The molecule has 0 spiro atoms. The maximum absolute atomic E-state index is 4.44. The zero-order valence-electron chi connectivity index (χ0n) is 9.07. The van der Waals surface area contributed by atoms with Crippen molar-refractivity contribution >= 4 is 21.7 Å². The van der Waals surface area contributed by atoms with E-state index in [2.05, 4.69) is 51.8 Å². The van der Waals surface area contributed by atoms with E-state index in [0.717, 1.165) is 22.1 Å². The molecule has 2 fully saturated rings. The summed E-state index contributed by atoms with van der Waals surface area (Å²) in [6, 6.07) is 4.17. The Morgan fingerprint density at radius 2 is 2.00 bits per heavy atom. The van der Waals surface area contributed by atoms with E-state index in [1.807, 2.05) is 6.20 Å². The van der Waals surface area contributed by atoms with Gasteiger partial charge in [-0.3, -0.25) is 0 Å². The molecule has 15 heavy (non-hydrogen) atoms. The monoisotopic (exact) mass is 266 g/mol. The van der Waals surface area contributed by atoms with Crippen molar-refractivity contribution in [3.8, 4) is 0 Å². The molecule has 2 heterocycles. The van der Waals surface area contributed by atoms with E-state index < -0.39 is 0 Å². The average Bonchev–Trinajstić information content (AvgIpc) is 2.64. The first-order chi connectivity index (χ1) is 7.09. The Balaban J connectivity index is 1.75. The average molecular weight is 267 g/mol. The molecule has 0 aromatic carbocycles. The van der Waals surface area contributed by atoms with Crippen LogP contribution in [-0.4, -0.2) is 18.1 Å². The number of pyridine rings is 1. The first-order valence-corrected chi connectivity index (χ1v) is 6.25. The second-order valence-corrected chi connectivity index (χ2v) is 6.19. The first kappa shape index (κ1) is 9.64. The predicted molar refractivity (Wildman–Crippen MR) is 64.9 cm³/mol. The molecule has 2 aliphatic rings. The number of piperidine rings is 1. The second kappa shape index (κ2) is 2.97. The number of rotatable bonds is 1. The van der Waals surface area contributed by atoms with Gasteiger partial charge in [-0.15, -0.1) is 0 Å². The van der Waals surface area contributed by atoms with Gasteiger partial charge in [-0.2, -0.15) is 0 Å². The lowest BCUT2D eigenvalue weighted by Crippen LogP contribution is -2.26. The molecule has 1 saturated carbocycles. The summed E-state index contributed by atoms with van der Waals surface area (Å²) >= 11 is 3.41. The third-order valence-electron chi connectivity index (χ3n) is 4.16. The fourth-order valence-electron chi connectivity index (χ4n) is 2.87. The summed E-state index contributed by atoms with van der Waals surface area (Å²) in [5.74, 6) is 2.91. The fourth-order valence-corrected chi connectivity index (χ4v) is 3.11. The van der Waals surface area contributed by atoms with Gasteiger partial charge in [0.05, 0.1) is 0 Å². The Hall–Kier alpha value is -0.570. The zero-order valence-corrected chi connectivity index (χ0v) is 10.7. The lowest BCUT2D eigenvalue weighted by Gasteiger charge is -2.22. The van der Waals surface area contributed by atoms with Gasteiger partial charge < -0.3 is 4.90 Å². The van der Waals surface area contributed by atoms with Crippen molar-refractivity contribution in [3.05, 3.63) is 22.8 Å². The van der Waals surface area contributed by atoms with Crippen molar-refractivity contribution < 1.29 is 0 Å². The van der Waals surface area contributed by atoms with Crippen LogP contribution in [0.4, 0.5) is 5.82 Å². The Kier molecular flexibility index (Phi) is 1.91. The molecule has 0 radical (unpaired) electrons. The van der Waals surface area contributed by atoms with Gasteiger partial charge in [0.2, 0.25) is 0 Å². The standard InChI is InChI=1S/C12H15BrN2/c1-12(2)9-6-15(7-10(9)12)11-4-3-8(13)5-14-11/h3-5,9-10H,6-7H2,1-2H3. The van der Waals surface area contributed by atoms with E-state index in [-0.39, 0.29) is 0 Å². The summed E-state index contributed by atoms with van der Waals surface area (Å²) in [7, 11) is 0. The lowest BCUT2D eigenvalue weighted by atomic mass is 10.1. The Morgan fingerprint density at radius 3 is 2.53 bits per heavy atom. The molecule has 1 aliphatic carbocycles. The summed E-state index contributed by atoms with van der Waals surface area (Å²) < 4.78 is 1.05. The minimum absolute atomic E-state index is 0.589. The quantitative estimate of drug-likeness (QED) is 0.777. The van der Waals surface area contributed by atoms with Crippen LogP contribution in [0.1, 0.15) is 13.8 Å². The van der Waals surface area contributed by atoms with E-state index >= 15 is 0 Å². The molecule has 2 nitrogen and oxygen atoms in total. The SMILES string of the molecule is CC1(C)C2CN(c3ccc(Br)cn3)CC21. The van der Waals surface area contributed by atoms with Crippen molar-refractivity contribution in [1.82, 2.24) is 4.98 Å². The van der Waals surface area contributed by atoms with Crippen LogP contribution < -0.4 is 4.90 Å². The van der Waals surface area contributed by atoms with Gasteiger partial charge in [-0.05, 0) is 45.3 Å². The van der Waals surface area contributed by atoms with Gasteiger partial charge in [-0.1, -0.05) is 13.8 Å². The number of aromatic nitrogens is 1. The van der Waals surface area contributed by atoms with E-state index in [1.54, 1.807) is 0 Å². The van der Waals surface area contributed by atoms with Gasteiger partial charge in [0.25, 0.3) is 0 Å². The molecule has 3 rings (SSSR count). The van der Waals surface area contributed by atoms with Gasteiger partial charge in [0.15, 0.2) is 0 Å². The summed E-state index contributed by atoms with van der Waals surface area (Å²) in [4.78, 5) is 6.85. The van der Waals surface area contributed by atoms with Crippen LogP contribution in [0.2, 0.25) is 0 Å². The second-order valence-electron chi connectivity index (χ2n) is 5.27. The molecule has 1 aromatic heterocycles. The van der Waals surface area contributed by atoms with Crippen molar-refractivity contribution in [3.63, 3.8) is 0 Å². The van der Waals surface area contributed by atoms with E-state index in [0.29, 0.717) is 5.41 Å². The first-order valence-electron chi connectivity index (χ1n) is 5.45. The third kappa shape index (κ3) is 1.40. The topological polar surface area (TPSA) is 16.1 Å². The molecule has 1 aromatic rings. The summed E-state index contributed by atoms with van der Waals surface area (Å²) in [5, 5.41) is 0. The highest BCUT2D eigenvalue weighted by atomic mass is 79.9. The summed E-state index contributed by atoms with van der Waals surface area (Å²) in [5.41, 5.74) is 0.589. The van der Waals surface area contributed by atoms with E-state index in [1.165, 1.54) is 13.1 Å². The Bertz CT molecular complexity index is 371. The number of fused-ring (bicyclic) bond motifs is 1. The highest BCUT2D eigenvalue weighted by Gasteiger charge is 2.62. The molecule has 0 bridgehead atoms. The molecular weight excluding hydrogens is 252 g/mol. The normalized spacial score (nSPS) is 31.5. The highest BCUT2D eigenvalue weighted by Crippen LogP contribution is 2.62. The molecule has 2 unspecified atom stereocenters. The largest absolute Gasteiger partial charge is 0.356 e. The summed E-state index contributed by atoms with van der Waals surface area (Å²) in [6.07, 6.45) is 1.88. The highest BCUT2D eigenvalue weighted by molar-refractivity contribution is 9.10. The maximum atomic E-state index is 4.44. The van der Waals surface area contributed by atoms with Crippen LogP contribution in [0.5, 0.6) is 0 Å². The molecule has 0 N–H and O–H groups in total. The van der Waals surface area contributed by atoms with Crippen LogP contribution in [-0.2, 0) is 0 Å². The third-order valence-corrected chi connectivity index (χ3v) is 4.63. The van der Waals surface area contributed by atoms with Crippen LogP contribution in [0.15, 0.2) is 22.8 Å². The molecule has 1 saturated heterocycles. The Morgan fingerprint density at radius 1 is 1.33 bits per heavy atom. The number of hydrogen-bond acceptors (Lipinski definition) is 2. The smallest absolute Gasteiger partial charge is 0.128 e. The number of hydrogen-bond donors (Lipinski definition) is 0. The minimum atomic E-state index is 0.589. The van der Waals surface area contributed by atoms with E-state index in [9.17, 15) is 0 Å². The molecule has 1 aliphatic heterocycles. The molecular formula is C12H15BrN2. The molecule has 0 amide bonds. The van der Waals surface area contributed by atoms with Crippen molar-refractivity contribution in [2.45, 2.75) is 13.8 Å². The van der Waals surface area contributed by atoms with Gasteiger partial charge in [-0.25, -0.2) is 4.98 Å². The number of halogens is 1. The van der Waals surface area contributed by atoms with Crippen LogP contribution >= 0.6 is 15.9 Å². The Labute approximate surface area is 98.8 Å². The van der Waals surface area contributed by atoms with Crippen LogP contribution in [0.3, 0.4) is 0 Å². The maximum Gasteiger partial charge on any atom is 0.128 e. The van der Waals surface area contributed by atoms with Crippen molar-refractivity contribution in [1.29, 1.82) is 0 Å². The number of nitrogens with zero attached hydrogens (tertiary/aromatic N) is 2. The fraction of sp³-hybridized carbons (Fsp3) is 0.583. The molecule has 2 atom stereocenters. The van der Waals surface area contributed by atoms with Gasteiger partial charge in [0, 0.05) is 23.8 Å². The van der Waals surface area contributed by atoms with Crippen molar-refractivity contribution in [2.24, 2.45) is 17.3 Å². The molecule has 80 valence electrons.